The fourth-order valence-electron chi connectivity index (χ4n) is 1.01. The van der Waals surface area contributed by atoms with Gasteiger partial charge in [-0.1, -0.05) is 34.2 Å². The average molecular weight is 402 g/mol. The largest absolute Gasteiger partial charge is 0.352 e. The Labute approximate surface area is 116 Å². The lowest BCUT2D eigenvalue weighted by molar-refractivity contribution is 0.0954. The Morgan fingerprint density at radius 3 is 2.87 bits per heavy atom. The van der Waals surface area contributed by atoms with Gasteiger partial charge in [0.25, 0.3) is 5.91 Å². The summed E-state index contributed by atoms with van der Waals surface area (Å²) in [5.74, 6) is -0.0581. The molecule has 0 aliphatic heterocycles. The minimum absolute atomic E-state index is 0.0581. The van der Waals surface area contributed by atoms with Crippen molar-refractivity contribution in [2.45, 2.75) is 6.42 Å². The molecule has 1 aromatic carbocycles. The maximum Gasteiger partial charge on any atom is 0.251 e. The molecule has 0 heterocycles. The molecule has 0 aromatic heterocycles. The topological polar surface area (TPSA) is 29.1 Å². The van der Waals surface area contributed by atoms with Crippen molar-refractivity contribution < 1.29 is 4.79 Å². The second-order valence-corrected chi connectivity index (χ2v) is 5.27. The zero-order valence-electron chi connectivity index (χ0n) is 7.90. The van der Waals surface area contributed by atoms with E-state index in [1.807, 2.05) is 0 Å². The molecule has 0 spiro atoms. The van der Waals surface area contributed by atoms with E-state index >= 15 is 0 Å². The molecule has 1 amide bonds. The number of benzene rings is 1. The Morgan fingerprint density at radius 1 is 1.53 bits per heavy atom. The molecule has 1 N–H and O–H groups in total. The van der Waals surface area contributed by atoms with Crippen LogP contribution in [-0.2, 0) is 0 Å². The van der Waals surface area contributed by atoms with Crippen molar-refractivity contribution in [2.75, 3.05) is 11.0 Å². The summed E-state index contributed by atoms with van der Waals surface area (Å²) in [4.78, 5) is 11.6. The summed E-state index contributed by atoms with van der Waals surface area (Å²) in [5, 5.41) is 3.45. The van der Waals surface area contributed by atoms with Crippen molar-refractivity contribution in [3.05, 3.63) is 33.3 Å². The first-order valence-electron chi connectivity index (χ1n) is 4.44. The van der Waals surface area contributed by atoms with Crippen LogP contribution in [0.15, 0.2) is 22.7 Å². The van der Waals surface area contributed by atoms with Gasteiger partial charge in [-0.25, -0.2) is 0 Å². The predicted octanol–water partition coefficient (Wildman–Crippen LogP) is 3.66. The molecule has 5 heteroatoms. The molecular weight excluding hydrogens is 392 g/mol. The monoisotopic (exact) mass is 401 g/mol. The quantitative estimate of drug-likeness (QED) is 0.465. The molecule has 0 saturated heterocycles. The zero-order chi connectivity index (χ0) is 11.3. The molecule has 82 valence electrons. The molecule has 0 aliphatic rings. The number of carbonyl (C=O) groups excluding carboxylic acids is 1. The third-order valence-corrected chi connectivity index (χ3v) is 3.75. The number of hydrogen-bond donors (Lipinski definition) is 1. The summed E-state index contributed by atoms with van der Waals surface area (Å²) in [6.45, 7) is 0.710. The minimum Gasteiger partial charge on any atom is -0.352 e. The van der Waals surface area contributed by atoms with E-state index in [0.29, 0.717) is 17.1 Å². The van der Waals surface area contributed by atoms with Gasteiger partial charge in [-0.3, -0.25) is 4.79 Å². The van der Waals surface area contributed by atoms with Gasteiger partial charge in [0.1, 0.15) is 0 Å². The van der Waals surface area contributed by atoms with Crippen molar-refractivity contribution in [3.8, 4) is 0 Å². The van der Waals surface area contributed by atoms with Crippen LogP contribution in [0.4, 0.5) is 0 Å². The van der Waals surface area contributed by atoms with Crippen LogP contribution < -0.4 is 5.32 Å². The van der Waals surface area contributed by atoms with E-state index in [-0.39, 0.29) is 5.91 Å². The molecule has 0 aliphatic carbocycles. The summed E-state index contributed by atoms with van der Waals surface area (Å²) >= 11 is 11.4. The van der Waals surface area contributed by atoms with Crippen LogP contribution >= 0.6 is 50.1 Å². The van der Waals surface area contributed by atoms with Gasteiger partial charge in [0.05, 0.1) is 5.02 Å². The lowest BCUT2D eigenvalue weighted by Gasteiger charge is -2.04. The fourth-order valence-corrected chi connectivity index (χ4v) is 1.89. The molecule has 15 heavy (non-hydrogen) atoms. The number of hydrogen-bond acceptors (Lipinski definition) is 1. The van der Waals surface area contributed by atoms with Crippen LogP contribution in [0, 0.1) is 0 Å². The lowest BCUT2D eigenvalue weighted by atomic mass is 10.2. The van der Waals surface area contributed by atoms with Crippen LogP contribution in [-0.4, -0.2) is 16.9 Å². The maximum absolute atomic E-state index is 11.6. The Hall–Kier alpha value is 0.190. The average Bonchev–Trinajstić information content (AvgIpc) is 2.22. The van der Waals surface area contributed by atoms with Crippen molar-refractivity contribution >= 4 is 56.0 Å². The summed E-state index contributed by atoms with van der Waals surface area (Å²) in [7, 11) is 0. The van der Waals surface area contributed by atoms with Crippen LogP contribution in [0.2, 0.25) is 5.02 Å². The highest BCUT2D eigenvalue weighted by Crippen LogP contribution is 2.23. The SMILES string of the molecule is O=C(NCCCI)c1ccc(Cl)c(Br)c1. The van der Waals surface area contributed by atoms with Crippen LogP contribution in [0.1, 0.15) is 16.8 Å². The Morgan fingerprint density at radius 2 is 2.27 bits per heavy atom. The van der Waals surface area contributed by atoms with Crippen molar-refractivity contribution in [1.82, 2.24) is 5.32 Å². The number of alkyl halides is 1. The third kappa shape index (κ3) is 4.28. The second-order valence-electron chi connectivity index (χ2n) is 2.93. The first kappa shape index (κ1) is 13.3. The van der Waals surface area contributed by atoms with Crippen molar-refractivity contribution in [1.29, 1.82) is 0 Å². The van der Waals surface area contributed by atoms with Gasteiger partial charge in [-0.05, 0) is 40.5 Å². The molecule has 0 saturated carbocycles. The Bertz CT molecular complexity index is 359. The molecule has 0 unspecified atom stereocenters. The highest BCUT2D eigenvalue weighted by atomic mass is 127. The van der Waals surface area contributed by atoms with E-state index in [9.17, 15) is 4.79 Å². The maximum atomic E-state index is 11.6. The van der Waals surface area contributed by atoms with E-state index in [4.69, 9.17) is 11.6 Å². The van der Waals surface area contributed by atoms with E-state index in [1.54, 1.807) is 18.2 Å². The molecule has 0 atom stereocenters. The number of carbonyl (C=O) groups is 1. The lowest BCUT2D eigenvalue weighted by Crippen LogP contribution is -2.24. The van der Waals surface area contributed by atoms with Gasteiger partial charge in [0.2, 0.25) is 0 Å². The van der Waals surface area contributed by atoms with Gasteiger partial charge < -0.3 is 5.32 Å². The van der Waals surface area contributed by atoms with Crippen LogP contribution in [0.25, 0.3) is 0 Å². The van der Waals surface area contributed by atoms with E-state index < -0.39 is 0 Å². The molecular formula is C10H10BrClINO. The first-order valence-corrected chi connectivity index (χ1v) is 7.14. The molecule has 0 radical (unpaired) electrons. The molecule has 0 bridgehead atoms. The van der Waals surface area contributed by atoms with Crippen molar-refractivity contribution in [3.63, 3.8) is 0 Å². The summed E-state index contributed by atoms with van der Waals surface area (Å²) in [5.41, 5.74) is 0.625. The molecule has 1 rings (SSSR count). The van der Waals surface area contributed by atoms with Crippen LogP contribution in [0.3, 0.4) is 0 Å². The van der Waals surface area contributed by atoms with E-state index in [1.165, 1.54) is 0 Å². The number of rotatable bonds is 4. The van der Waals surface area contributed by atoms with E-state index in [0.717, 1.165) is 15.3 Å². The standard InChI is InChI=1S/C10H10BrClINO/c11-8-6-7(2-3-9(8)12)10(15)14-5-1-4-13/h2-3,6H,1,4-5H2,(H,14,15). The number of nitrogens with one attached hydrogen (secondary N) is 1. The van der Waals surface area contributed by atoms with Gasteiger partial charge in [-0.2, -0.15) is 0 Å². The second kappa shape index (κ2) is 6.70. The molecule has 2 nitrogen and oxygen atoms in total. The van der Waals surface area contributed by atoms with Crippen LogP contribution in [0.5, 0.6) is 0 Å². The van der Waals surface area contributed by atoms with Crippen molar-refractivity contribution in [2.24, 2.45) is 0 Å². The normalized spacial score (nSPS) is 10.1. The van der Waals surface area contributed by atoms with Gasteiger partial charge in [-0.15, -0.1) is 0 Å². The number of halogens is 3. The zero-order valence-corrected chi connectivity index (χ0v) is 12.4. The summed E-state index contributed by atoms with van der Waals surface area (Å²) in [6.07, 6.45) is 0.987. The number of amides is 1. The Balaban J connectivity index is 2.62. The van der Waals surface area contributed by atoms with Gasteiger partial charge in [0, 0.05) is 21.0 Å². The highest BCUT2D eigenvalue weighted by Gasteiger charge is 2.06. The smallest absolute Gasteiger partial charge is 0.251 e. The van der Waals surface area contributed by atoms with Gasteiger partial charge >= 0.3 is 0 Å². The minimum atomic E-state index is -0.0581. The van der Waals surface area contributed by atoms with E-state index in [2.05, 4.69) is 43.8 Å². The summed E-state index contributed by atoms with van der Waals surface area (Å²) in [6, 6.07) is 5.15. The first-order chi connectivity index (χ1) is 7.15. The van der Waals surface area contributed by atoms with Gasteiger partial charge in [0.15, 0.2) is 0 Å². The molecule has 1 aromatic rings. The summed E-state index contributed by atoms with van der Waals surface area (Å²) < 4.78 is 1.79. The third-order valence-electron chi connectivity index (χ3n) is 1.78. The predicted molar refractivity (Wildman–Crippen MR) is 75.0 cm³/mol. The highest BCUT2D eigenvalue weighted by molar-refractivity contribution is 14.1. The Kier molecular flexibility index (Phi) is 5.92. The molecule has 0 fully saturated rings. The fraction of sp³-hybridized carbons (Fsp3) is 0.300.